The molecule has 5 nitrogen and oxygen atoms in total. The van der Waals surface area contributed by atoms with E-state index in [4.69, 9.17) is 15.2 Å². The van der Waals surface area contributed by atoms with Crippen LogP contribution in [-0.4, -0.2) is 40.9 Å². The monoisotopic (exact) mass is 313 g/mol. The number of rotatable bonds is 7. The van der Waals surface area contributed by atoms with Crippen LogP contribution >= 0.6 is 11.8 Å². The van der Waals surface area contributed by atoms with Crippen molar-refractivity contribution in [2.24, 2.45) is 0 Å². The maximum Gasteiger partial charge on any atom is 0.316 e. The molecule has 0 aromatic heterocycles. The number of esters is 1. The molecule has 0 heterocycles. The van der Waals surface area contributed by atoms with Gasteiger partial charge in [0.1, 0.15) is 18.0 Å². The smallest absolute Gasteiger partial charge is 0.316 e. The molecule has 6 heteroatoms. The van der Waals surface area contributed by atoms with Crippen LogP contribution in [0, 0.1) is 0 Å². The van der Waals surface area contributed by atoms with Crippen molar-refractivity contribution in [2.75, 3.05) is 23.8 Å². The third-order valence-corrected chi connectivity index (χ3v) is 3.31. The van der Waals surface area contributed by atoms with E-state index in [-0.39, 0.29) is 18.3 Å². The lowest BCUT2D eigenvalue weighted by atomic mass is 10.2. The molecule has 0 aliphatic carbocycles. The summed E-state index contributed by atoms with van der Waals surface area (Å²) in [6.45, 7) is 5.63. The third-order valence-electron chi connectivity index (χ3n) is 2.25. The first-order valence-electron chi connectivity index (χ1n) is 6.72. The van der Waals surface area contributed by atoms with Gasteiger partial charge in [-0.25, -0.2) is 0 Å². The molecule has 0 amide bonds. The lowest BCUT2D eigenvalue weighted by Crippen LogP contribution is -2.26. The maximum atomic E-state index is 11.5. The summed E-state index contributed by atoms with van der Waals surface area (Å²) < 4.78 is 10.6. The fourth-order valence-electron chi connectivity index (χ4n) is 1.49. The number of nitrogens with two attached hydrogens (primary N) is 1. The van der Waals surface area contributed by atoms with Crippen molar-refractivity contribution in [1.29, 1.82) is 0 Å². The number of nitrogen functional groups attached to an aromatic ring is 1. The molecule has 1 unspecified atom stereocenters. The van der Waals surface area contributed by atoms with Gasteiger partial charge >= 0.3 is 5.97 Å². The Bertz CT molecular complexity index is 459. The van der Waals surface area contributed by atoms with E-state index in [0.29, 0.717) is 17.2 Å². The Balaban J connectivity index is 2.19. The first-order chi connectivity index (χ1) is 9.76. The molecule has 0 spiro atoms. The molecule has 0 bridgehead atoms. The van der Waals surface area contributed by atoms with Gasteiger partial charge in [0.05, 0.1) is 11.9 Å². The molecule has 1 aromatic rings. The van der Waals surface area contributed by atoms with Gasteiger partial charge in [0, 0.05) is 17.5 Å². The minimum atomic E-state index is -0.654. The molecule has 1 atom stereocenters. The Kier molecular flexibility index (Phi) is 6.84. The van der Waals surface area contributed by atoms with Crippen LogP contribution in [0.15, 0.2) is 24.3 Å². The van der Waals surface area contributed by atoms with E-state index in [1.165, 1.54) is 11.8 Å². The van der Waals surface area contributed by atoms with Crippen molar-refractivity contribution in [1.82, 2.24) is 0 Å². The molecule has 118 valence electrons. The second kappa shape index (κ2) is 8.14. The molecule has 0 radical (unpaired) electrons. The van der Waals surface area contributed by atoms with Crippen LogP contribution in [0.4, 0.5) is 5.69 Å². The summed E-state index contributed by atoms with van der Waals surface area (Å²) in [5.41, 5.74) is 5.76. The van der Waals surface area contributed by atoms with E-state index in [9.17, 15) is 9.90 Å². The number of aliphatic hydroxyl groups excluding tert-OH is 1. The Hall–Kier alpha value is -1.40. The van der Waals surface area contributed by atoms with Crippen molar-refractivity contribution in [3.05, 3.63) is 24.3 Å². The Morgan fingerprint density at radius 1 is 1.43 bits per heavy atom. The van der Waals surface area contributed by atoms with Crippen LogP contribution in [0.3, 0.4) is 0 Å². The van der Waals surface area contributed by atoms with Gasteiger partial charge in [-0.2, -0.15) is 0 Å². The van der Waals surface area contributed by atoms with Crippen molar-refractivity contribution in [3.8, 4) is 5.75 Å². The normalized spacial score (nSPS) is 12.8. The van der Waals surface area contributed by atoms with Crippen molar-refractivity contribution < 1.29 is 19.4 Å². The minimum absolute atomic E-state index is 0.158. The van der Waals surface area contributed by atoms with Gasteiger partial charge in [0.2, 0.25) is 0 Å². The van der Waals surface area contributed by atoms with E-state index in [0.717, 1.165) is 0 Å². The molecule has 3 N–H and O–H groups in total. The Labute approximate surface area is 129 Å². The largest absolute Gasteiger partial charge is 0.491 e. The number of hydrogen-bond donors (Lipinski definition) is 2. The summed E-state index contributed by atoms with van der Waals surface area (Å²) in [4.78, 5) is 11.5. The zero-order valence-corrected chi connectivity index (χ0v) is 13.5. The molecule has 1 rings (SSSR count). The maximum absolute atomic E-state index is 11.5. The zero-order chi connectivity index (χ0) is 15.9. The average molecular weight is 313 g/mol. The van der Waals surface area contributed by atoms with Crippen LogP contribution in [-0.2, 0) is 9.53 Å². The highest BCUT2D eigenvalue weighted by molar-refractivity contribution is 7.99. The topological polar surface area (TPSA) is 81.8 Å². The van der Waals surface area contributed by atoms with Crippen LogP contribution in [0.2, 0.25) is 0 Å². The Morgan fingerprint density at radius 2 is 2.14 bits per heavy atom. The number of benzene rings is 1. The summed E-state index contributed by atoms with van der Waals surface area (Å²) >= 11 is 1.32. The number of hydrogen-bond acceptors (Lipinski definition) is 6. The van der Waals surface area contributed by atoms with E-state index < -0.39 is 11.7 Å². The summed E-state index contributed by atoms with van der Waals surface area (Å²) in [6, 6.07) is 7.02. The van der Waals surface area contributed by atoms with Gasteiger partial charge in [-0.05, 0) is 32.9 Å². The molecule has 1 aromatic carbocycles. The average Bonchev–Trinajstić information content (AvgIpc) is 2.34. The Morgan fingerprint density at radius 3 is 2.76 bits per heavy atom. The number of ether oxygens (including phenoxy) is 2. The lowest BCUT2D eigenvalue weighted by Gasteiger charge is -2.19. The van der Waals surface area contributed by atoms with Crippen LogP contribution in [0.5, 0.6) is 5.75 Å². The summed E-state index contributed by atoms with van der Waals surface area (Å²) in [5.74, 6) is 0.955. The standard InChI is InChI=1S/C15H23NO4S/c1-15(2,3)20-14(18)10-21-9-12(17)8-19-13-6-4-5-11(16)7-13/h4-7,12,17H,8-10,16H2,1-3H3. The lowest BCUT2D eigenvalue weighted by molar-refractivity contribution is -0.151. The molecular formula is C15H23NO4S. The molecule has 21 heavy (non-hydrogen) atoms. The number of aliphatic hydroxyl groups is 1. The fourth-order valence-corrected chi connectivity index (χ4v) is 2.21. The van der Waals surface area contributed by atoms with Gasteiger partial charge in [0.15, 0.2) is 0 Å². The van der Waals surface area contributed by atoms with Crippen LogP contribution < -0.4 is 10.5 Å². The SMILES string of the molecule is CC(C)(C)OC(=O)CSCC(O)COc1cccc(N)c1. The number of carbonyl (C=O) groups excluding carboxylic acids is 1. The highest BCUT2D eigenvalue weighted by Gasteiger charge is 2.16. The summed E-state index contributed by atoms with van der Waals surface area (Å²) in [7, 11) is 0. The fraction of sp³-hybridized carbons (Fsp3) is 0.533. The number of thioether (sulfide) groups is 1. The number of carbonyl (C=O) groups is 1. The molecule has 0 saturated carbocycles. The van der Waals surface area contributed by atoms with E-state index in [1.807, 2.05) is 20.8 Å². The molecule has 0 aliphatic heterocycles. The van der Waals surface area contributed by atoms with Crippen molar-refractivity contribution in [3.63, 3.8) is 0 Å². The van der Waals surface area contributed by atoms with Gasteiger partial charge in [-0.3, -0.25) is 4.79 Å². The second-order valence-electron chi connectivity index (χ2n) is 5.64. The van der Waals surface area contributed by atoms with Crippen LogP contribution in [0.25, 0.3) is 0 Å². The van der Waals surface area contributed by atoms with E-state index in [1.54, 1.807) is 24.3 Å². The van der Waals surface area contributed by atoms with Gasteiger partial charge < -0.3 is 20.3 Å². The second-order valence-corrected chi connectivity index (χ2v) is 6.67. The molecule has 0 fully saturated rings. The van der Waals surface area contributed by atoms with Crippen molar-refractivity contribution >= 4 is 23.4 Å². The summed E-state index contributed by atoms with van der Waals surface area (Å²) in [5, 5.41) is 9.80. The van der Waals surface area contributed by atoms with Gasteiger partial charge in [-0.1, -0.05) is 6.07 Å². The first kappa shape index (κ1) is 17.7. The highest BCUT2D eigenvalue weighted by Crippen LogP contribution is 2.15. The van der Waals surface area contributed by atoms with E-state index >= 15 is 0 Å². The van der Waals surface area contributed by atoms with Crippen LogP contribution in [0.1, 0.15) is 20.8 Å². The molecule has 0 saturated heterocycles. The zero-order valence-electron chi connectivity index (χ0n) is 12.7. The van der Waals surface area contributed by atoms with Gasteiger partial charge in [-0.15, -0.1) is 11.8 Å². The molecular weight excluding hydrogens is 290 g/mol. The summed E-state index contributed by atoms with van der Waals surface area (Å²) in [6.07, 6.45) is -0.654. The number of anilines is 1. The first-order valence-corrected chi connectivity index (χ1v) is 7.88. The predicted molar refractivity (Wildman–Crippen MR) is 85.5 cm³/mol. The third kappa shape index (κ3) is 8.47. The minimum Gasteiger partial charge on any atom is -0.491 e. The van der Waals surface area contributed by atoms with E-state index in [2.05, 4.69) is 0 Å². The quantitative estimate of drug-likeness (QED) is 0.592. The highest BCUT2D eigenvalue weighted by atomic mass is 32.2. The van der Waals surface area contributed by atoms with Gasteiger partial charge in [0.25, 0.3) is 0 Å². The van der Waals surface area contributed by atoms with Crippen molar-refractivity contribution in [2.45, 2.75) is 32.5 Å². The molecule has 0 aliphatic rings. The predicted octanol–water partition coefficient (Wildman–Crippen LogP) is 2.08.